The SMILES string of the molecule is CCC(CC)Oc1ccccc1[C@H](C)O. The molecule has 84 valence electrons. The van der Waals surface area contributed by atoms with Gasteiger partial charge < -0.3 is 9.84 Å². The summed E-state index contributed by atoms with van der Waals surface area (Å²) in [7, 11) is 0. The van der Waals surface area contributed by atoms with Crippen LogP contribution in [0.15, 0.2) is 24.3 Å². The van der Waals surface area contributed by atoms with Gasteiger partial charge in [-0.2, -0.15) is 0 Å². The molecular weight excluding hydrogens is 188 g/mol. The fraction of sp³-hybridized carbons (Fsp3) is 0.538. The van der Waals surface area contributed by atoms with Crippen LogP contribution in [0.5, 0.6) is 5.75 Å². The number of aliphatic hydroxyl groups excluding tert-OH is 1. The maximum absolute atomic E-state index is 9.58. The third-order valence-corrected chi connectivity index (χ3v) is 2.57. The molecule has 1 rings (SSSR count). The Labute approximate surface area is 91.9 Å². The highest BCUT2D eigenvalue weighted by Gasteiger charge is 2.11. The summed E-state index contributed by atoms with van der Waals surface area (Å²) < 4.78 is 5.85. The molecule has 2 nitrogen and oxygen atoms in total. The van der Waals surface area contributed by atoms with Crippen LogP contribution in [0, 0.1) is 0 Å². The van der Waals surface area contributed by atoms with Crippen molar-refractivity contribution in [1.82, 2.24) is 0 Å². The van der Waals surface area contributed by atoms with E-state index in [1.807, 2.05) is 24.3 Å². The molecule has 2 heteroatoms. The van der Waals surface area contributed by atoms with E-state index in [2.05, 4.69) is 13.8 Å². The van der Waals surface area contributed by atoms with Gasteiger partial charge in [-0.15, -0.1) is 0 Å². The highest BCUT2D eigenvalue weighted by atomic mass is 16.5. The lowest BCUT2D eigenvalue weighted by Gasteiger charge is -2.19. The Morgan fingerprint density at radius 2 is 1.80 bits per heavy atom. The summed E-state index contributed by atoms with van der Waals surface area (Å²) in [4.78, 5) is 0. The van der Waals surface area contributed by atoms with E-state index in [9.17, 15) is 5.11 Å². The Morgan fingerprint density at radius 1 is 1.20 bits per heavy atom. The van der Waals surface area contributed by atoms with Crippen molar-refractivity contribution in [1.29, 1.82) is 0 Å². The Morgan fingerprint density at radius 3 is 2.33 bits per heavy atom. The lowest BCUT2D eigenvalue weighted by Crippen LogP contribution is -2.15. The van der Waals surface area contributed by atoms with Gasteiger partial charge in [0.15, 0.2) is 0 Å². The molecule has 15 heavy (non-hydrogen) atoms. The fourth-order valence-corrected chi connectivity index (χ4v) is 1.57. The third-order valence-electron chi connectivity index (χ3n) is 2.57. The van der Waals surface area contributed by atoms with E-state index >= 15 is 0 Å². The fourth-order valence-electron chi connectivity index (χ4n) is 1.57. The largest absolute Gasteiger partial charge is 0.490 e. The molecule has 0 unspecified atom stereocenters. The van der Waals surface area contributed by atoms with Crippen molar-refractivity contribution in [3.63, 3.8) is 0 Å². The molecule has 0 heterocycles. The van der Waals surface area contributed by atoms with Gasteiger partial charge in [0.05, 0.1) is 12.2 Å². The van der Waals surface area contributed by atoms with Gasteiger partial charge in [-0.3, -0.25) is 0 Å². The first-order valence-corrected chi connectivity index (χ1v) is 5.62. The van der Waals surface area contributed by atoms with Crippen molar-refractivity contribution in [2.75, 3.05) is 0 Å². The first kappa shape index (κ1) is 12.1. The molecule has 0 amide bonds. The van der Waals surface area contributed by atoms with Crippen LogP contribution in [0.3, 0.4) is 0 Å². The minimum Gasteiger partial charge on any atom is -0.490 e. The van der Waals surface area contributed by atoms with Crippen molar-refractivity contribution in [3.8, 4) is 5.75 Å². The average molecular weight is 208 g/mol. The molecule has 0 radical (unpaired) electrons. The Balaban J connectivity index is 2.83. The molecule has 0 aromatic heterocycles. The van der Waals surface area contributed by atoms with Crippen LogP contribution in [-0.4, -0.2) is 11.2 Å². The summed E-state index contributed by atoms with van der Waals surface area (Å²) in [6, 6.07) is 7.67. The van der Waals surface area contributed by atoms with E-state index < -0.39 is 6.10 Å². The van der Waals surface area contributed by atoms with Crippen molar-refractivity contribution in [2.45, 2.75) is 45.8 Å². The van der Waals surface area contributed by atoms with Crippen LogP contribution in [-0.2, 0) is 0 Å². The van der Waals surface area contributed by atoms with Crippen molar-refractivity contribution in [3.05, 3.63) is 29.8 Å². The first-order chi connectivity index (χ1) is 7.19. The minimum absolute atomic E-state index is 0.241. The molecule has 0 spiro atoms. The molecule has 0 fully saturated rings. The van der Waals surface area contributed by atoms with Gasteiger partial charge in [-0.1, -0.05) is 32.0 Å². The standard InChI is InChI=1S/C13H20O2/c1-4-11(5-2)15-13-9-7-6-8-12(13)10(3)14/h6-11,14H,4-5H2,1-3H3/t10-/m0/s1. The average Bonchev–Trinajstić information content (AvgIpc) is 2.26. The highest BCUT2D eigenvalue weighted by molar-refractivity contribution is 5.34. The number of benzene rings is 1. The predicted octanol–water partition coefficient (Wildman–Crippen LogP) is 3.31. The minimum atomic E-state index is -0.476. The van der Waals surface area contributed by atoms with Crippen LogP contribution in [0.1, 0.15) is 45.3 Å². The molecule has 0 aliphatic rings. The van der Waals surface area contributed by atoms with Crippen LogP contribution in [0.2, 0.25) is 0 Å². The zero-order chi connectivity index (χ0) is 11.3. The summed E-state index contributed by atoms with van der Waals surface area (Å²) >= 11 is 0. The highest BCUT2D eigenvalue weighted by Crippen LogP contribution is 2.26. The number of ether oxygens (including phenoxy) is 1. The molecule has 1 atom stereocenters. The molecule has 1 N–H and O–H groups in total. The van der Waals surface area contributed by atoms with Gasteiger partial charge in [-0.05, 0) is 25.8 Å². The molecule has 1 aromatic carbocycles. The predicted molar refractivity (Wildman–Crippen MR) is 62.1 cm³/mol. The Bertz CT molecular complexity index is 290. The van der Waals surface area contributed by atoms with Crippen molar-refractivity contribution in [2.24, 2.45) is 0 Å². The number of hydrogen-bond acceptors (Lipinski definition) is 2. The monoisotopic (exact) mass is 208 g/mol. The van der Waals surface area contributed by atoms with Crippen molar-refractivity contribution < 1.29 is 9.84 Å². The lowest BCUT2D eigenvalue weighted by molar-refractivity contribution is 0.166. The van der Waals surface area contributed by atoms with E-state index in [1.54, 1.807) is 6.92 Å². The second-order valence-electron chi connectivity index (χ2n) is 3.77. The molecular formula is C13H20O2. The maximum Gasteiger partial charge on any atom is 0.125 e. The number of rotatable bonds is 5. The van der Waals surface area contributed by atoms with Gasteiger partial charge in [0.25, 0.3) is 0 Å². The third kappa shape index (κ3) is 3.24. The molecule has 1 aromatic rings. The number of para-hydroxylation sites is 1. The molecule has 0 saturated carbocycles. The van der Waals surface area contributed by atoms with Gasteiger partial charge >= 0.3 is 0 Å². The normalized spacial score (nSPS) is 12.9. The number of aliphatic hydroxyl groups is 1. The Kier molecular flexibility index (Phi) is 4.63. The zero-order valence-corrected chi connectivity index (χ0v) is 9.73. The summed E-state index contributed by atoms with van der Waals surface area (Å²) in [5, 5.41) is 9.58. The van der Waals surface area contributed by atoms with Crippen molar-refractivity contribution >= 4 is 0 Å². The Hall–Kier alpha value is -1.02. The summed E-state index contributed by atoms with van der Waals surface area (Å²) in [5.74, 6) is 0.807. The zero-order valence-electron chi connectivity index (χ0n) is 9.73. The quantitative estimate of drug-likeness (QED) is 0.804. The van der Waals surface area contributed by atoms with Gasteiger partial charge in [-0.25, -0.2) is 0 Å². The van der Waals surface area contributed by atoms with Crippen LogP contribution < -0.4 is 4.74 Å². The second-order valence-corrected chi connectivity index (χ2v) is 3.77. The van der Waals surface area contributed by atoms with Crippen LogP contribution >= 0.6 is 0 Å². The van der Waals surface area contributed by atoms with Gasteiger partial charge in [0.2, 0.25) is 0 Å². The maximum atomic E-state index is 9.58. The van der Waals surface area contributed by atoms with E-state index in [0.29, 0.717) is 0 Å². The van der Waals surface area contributed by atoms with Gasteiger partial charge in [0, 0.05) is 5.56 Å². The van der Waals surface area contributed by atoms with E-state index in [1.165, 1.54) is 0 Å². The molecule has 0 saturated heterocycles. The molecule has 0 bridgehead atoms. The van der Waals surface area contributed by atoms with E-state index in [4.69, 9.17) is 4.74 Å². The topological polar surface area (TPSA) is 29.5 Å². The first-order valence-electron chi connectivity index (χ1n) is 5.62. The smallest absolute Gasteiger partial charge is 0.125 e. The summed E-state index contributed by atoms with van der Waals surface area (Å²) in [5.41, 5.74) is 0.865. The van der Waals surface area contributed by atoms with Crippen LogP contribution in [0.4, 0.5) is 0 Å². The molecule has 0 aliphatic carbocycles. The molecule has 0 aliphatic heterocycles. The summed E-state index contributed by atoms with van der Waals surface area (Å²) in [6.07, 6.45) is 1.75. The lowest BCUT2D eigenvalue weighted by atomic mass is 10.1. The second kappa shape index (κ2) is 5.76. The van der Waals surface area contributed by atoms with Crippen LogP contribution in [0.25, 0.3) is 0 Å². The van der Waals surface area contributed by atoms with Gasteiger partial charge in [0.1, 0.15) is 5.75 Å². The number of hydrogen-bond donors (Lipinski definition) is 1. The van der Waals surface area contributed by atoms with E-state index in [-0.39, 0.29) is 6.10 Å². The summed E-state index contributed by atoms with van der Waals surface area (Å²) in [6.45, 7) is 5.98. The van der Waals surface area contributed by atoms with E-state index in [0.717, 1.165) is 24.2 Å².